The summed E-state index contributed by atoms with van der Waals surface area (Å²) in [5.41, 5.74) is 3.83. The summed E-state index contributed by atoms with van der Waals surface area (Å²) >= 11 is 3.60. The Morgan fingerprint density at radius 2 is 1.56 bits per heavy atom. The molecule has 0 amide bonds. The number of halogens is 1. The topological polar surface area (TPSA) is 35.5 Å². The third-order valence-corrected chi connectivity index (χ3v) is 5.01. The van der Waals surface area contributed by atoms with Crippen LogP contribution in [0.15, 0.2) is 83.3 Å². The first-order valence-electron chi connectivity index (χ1n) is 8.74. The number of rotatable bonds is 7. The molecule has 27 heavy (non-hydrogen) atoms. The summed E-state index contributed by atoms with van der Waals surface area (Å²) in [4.78, 5) is 11.8. The van der Waals surface area contributed by atoms with Crippen molar-refractivity contribution in [2.24, 2.45) is 0 Å². The minimum atomic E-state index is -0.355. The standard InChI is InChI=1S/C23H21BrO3/c1-26-23(25)19-12-13-20(21(24)15-19)22(14-17-8-4-2-5-9-17)27-16-18-10-6-3-7-11-18/h2-13,15,22H,14,16H2,1H3. The van der Waals surface area contributed by atoms with Crippen molar-refractivity contribution in [2.75, 3.05) is 7.11 Å². The van der Waals surface area contributed by atoms with Gasteiger partial charge in [-0.25, -0.2) is 4.79 Å². The molecule has 1 unspecified atom stereocenters. The lowest BCUT2D eigenvalue weighted by Gasteiger charge is -2.20. The molecule has 3 aromatic rings. The Morgan fingerprint density at radius 3 is 2.15 bits per heavy atom. The third kappa shape index (κ3) is 5.28. The van der Waals surface area contributed by atoms with Gasteiger partial charge in [0.2, 0.25) is 0 Å². The zero-order chi connectivity index (χ0) is 19.1. The van der Waals surface area contributed by atoms with Crippen molar-refractivity contribution >= 4 is 21.9 Å². The summed E-state index contributed by atoms with van der Waals surface area (Å²) in [6.45, 7) is 0.517. The van der Waals surface area contributed by atoms with Crippen molar-refractivity contribution in [1.29, 1.82) is 0 Å². The summed E-state index contributed by atoms with van der Waals surface area (Å²) in [6.07, 6.45) is 0.595. The van der Waals surface area contributed by atoms with Crippen LogP contribution in [0.2, 0.25) is 0 Å². The fourth-order valence-corrected chi connectivity index (χ4v) is 3.53. The van der Waals surface area contributed by atoms with Crippen molar-refractivity contribution in [1.82, 2.24) is 0 Å². The van der Waals surface area contributed by atoms with E-state index in [0.717, 1.165) is 22.0 Å². The first kappa shape index (κ1) is 19.3. The maximum atomic E-state index is 11.8. The first-order valence-corrected chi connectivity index (χ1v) is 9.54. The van der Waals surface area contributed by atoms with Gasteiger partial charge < -0.3 is 9.47 Å². The largest absolute Gasteiger partial charge is 0.465 e. The zero-order valence-electron chi connectivity index (χ0n) is 15.1. The highest BCUT2D eigenvalue weighted by atomic mass is 79.9. The van der Waals surface area contributed by atoms with Gasteiger partial charge in [0.05, 0.1) is 25.4 Å². The van der Waals surface area contributed by atoms with E-state index in [0.29, 0.717) is 12.2 Å². The van der Waals surface area contributed by atoms with E-state index < -0.39 is 0 Å². The minimum Gasteiger partial charge on any atom is -0.465 e. The van der Waals surface area contributed by atoms with Crippen LogP contribution in [0.5, 0.6) is 0 Å². The molecule has 138 valence electrons. The Hall–Kier alpha value is -2.43. The van der Waals surface area contributed by atoms with Crippen LogP contribution < -0.4 is 0 Å². The van der Waals surface area contributed by atoms with Crippen molar-refractivity contribution < 1.29 is 14.3 Å². The van der Waals surface area contributed by atoms with E-state index in [1.165, 1.54) is 12.7 Å². The van der Waals surface area contributed by atoms with Crippen LogP contribution >= 0.6 is 15.9 Å². The predicted octanol–water partition coefficient (Wildman–Crippen LogP) is 5.74. The lowest BCUT2D eigenvalue weighted by molar-refractivity contribution is 0.0393. The maximum Gasteiger partial charge on any atom is 0.337 e. The average molecular weight is 425 g/mol. The highest BCUT2D eigenvalue weighted by molar-refractivity contribution is 9.10. The van der Waals surface area contributed by atoms with E-state index in [1.807, 2.05) is 42.5 Å². The van der Waals surface area contributed by atoms with Crippen LogP contribution in [0, 0.1) is 0 Å². The number of hydrogen-bond acceptors (Lipinski definition) is 3. The number of hydrogen-bond donors (Lipinski definition) is 0. The second-order valence-electron chi connectivity index (χ2n) is 6.20. The highest BCUT2D eigenvalue weighted by Gasteiger charge is 2.18. The molecule has 0 saturated heterocycles. The Kier molecular flexibility index (Phi) is 6.80. The van der Waals surface area contributed by atoms with Gasteiger partial charge >= 0.3 is 5.97 Å². The number of esters is 1. The Balaban J connectivity index is 1.85. The van der Waals surface area contributed by atoms with Gasteiger partial charge in [-0.05, 0) is 28.8 Å². The zero-order valence-corrected chi connectivity index (χ0v) is 16.7. The van der Waals surface area contributed by atoms with Gasteiger partial charge in [-0.3, -0.25) is 0 Å². The third-order valence-electron chi connectivity index (χ3n) is 4.33. The van der Waals surface area contributed by atoms with Gasteiger partial charge in [0.15, 0.2) is 0 Å². The summed E-state index contributed by atoms with van der Waals surface area (Å²) in [5, 5.41) is 0. The first-order chi connectivity index (χ1) is 13.2. The number of methoxy groups -OCH3 is 1. The van der Waals surface area contributed by atoms with Crippen LogP contribution in [0.1, 0.15) is 33.2 Å². The molecule has 0 radical (unpaired) electrons. The van der Waals surface area contributed by atoms with Gasteiger partial charge in [0.25, 0.3) is 0 Å². The lowest BCUT2D eigenvalue weighted by Crippen LogP contribution is -2.10. The molecule has 0 aliphatic heterocycles. The molecule has 0 aromatic heterocycles. The molecule has 3 aromatic carbocycles. The number of carbonyl (C=O) groups is 1. The Morgan fingerprint density at radius 1 is 0.926 bits per heavy atom. The molecule has 0 heterocycles. The highest BCUT2D eigenvalue weighted by Crippen LogP contribution is 2.31. The van der Waals surface area contributed by atoms with Crippen molar-refractivity contribution in [3.05, 3.63) is 106 Å². The fraction of sp³-hybridized carbons (Fsp3) is 0.174. The molecule has 1 atom stereocenters. The van der Waals surface area contributed by atoms with E-state index in [4.69, 9.17) is 9.47 Å². The van der Waals surface area contributed by atoms with Crippen LogP contribution in [-0.4, -0.2) is 13.1 Å². The van der Waals surface area contributed by atoms with E-state index in [1.54, 1.807) is 12.1 Å². The predicted molar refractivity (Wildman–Crippen MR) is 110 cm³/mol. The normalized spacial score (nSPS) is 11.8. The molecule has 0 saturated carbocycles. The lowest BCUT2D eigenvalue weighted by atomic mass is 10.00. The average Bonchev–Trinajstić information content (AvgIpc) is 2.72. The fourth-order valence-electron chi connectivity index (χ4n) is 2.89. The van der Waals surface area contributed by atoms with E-state index in [-0.39, 0.29) is 12.1 Å². The molecular formula is C23H21BrO3. The molecular weight excluding hydrogens is 404 g/mol. The van der Waals surface area contributed by atoms with E-state index in [9.17, 15) is 4.79 Å². The number of carbonyl (C=O) groups excluding carboxylic acids is 1. The molecule has 0 aliphatic rings. The molecule has 3 nitrogen and oxygen atoms in total. The monoisotopic (exact) mass is 424 g/mol. The quantitative estimate of drug-likeness (QED) is 0.453. The molecule has 0 aliphatic carbocycles. The van der Waals surface area contributed by atoms with E-state index >= 15 is 0 Å². The van der Waals surface area contributed by atoms with Crippen molar-refractivity contribution in [3.8, 4) is 0 Å². The smallest absolute Gasteiger partial charge is 0.337 e. The SMILES string of the molecule is COC(=O)c1ccc(C(Cc2ccccc2)OCc2ccccc2)c(Br)c1. The van der Waals surface area contributed by atoms with Gasteiger partial charge in [-0.2, -0.15) is 0 Å². The summed E-state index contributed by atoms with van der Waals surface area (Å²) < 4.78 is 11.9. The van der Waals surface area contributed by atoms with Gasteiger partial charge in [-0.1, -0.05) is 82.7 Å². The minimum absolute atomic E-state index is 0.145. The second-order valence-corrected chi connectivity index (χ2v) is 7.06. The van der Waals surface area contributed by atoms with E-state index in [2.05, 4.69) is 40.2 Å². The van der Waals surface area contributed by atoms with Gasteiger partial charge in [0.1, 0.15) is 0 Å². The van der Waals surface area contributed by atoms with Crippen LogP contribution in [0.4, 0.5) is 0 Å². The van der Waals surface area contributed by atoms with Crippen molar-refractivity contribution in [3.63, 3.8) is 0 Å². The summed E-state index contributed by atoms with van der Waals surface area (Å²) in [5.74, 6) is -0.355. The van der Waals surface area contributed by atoms with Crippen LogP contribution in [-0.2, 0) is 22.5 Å². The number of benzene rings is 3. The molecule has 0 fully saturated rings. The number of ether oxygens (including phenoxy) is 2. The molecule has 0 bridgehead atoms. The van der Waals surface area contributed by atoms with Gasteiger partial charge in [-0.15, -0.1) is 0 Å². The van der Waals surface area contributed by atoms with Crippen molar-refractivity contribution in [2.45, 2.75) is 19.1 Å². The van der Waals surface area contributed by atoms with Crippen LogP contribution in [0.3, 0.4) is 0 Å². The summed E-state index contributed by atoms with van der Waals surface area (Å²) in [7, 11) is 1.38. The Bertz CT molecular complexity index is 879. The molecule has 0 spiro atoms. The second kappa shape index (κ2) is 9.49. The maximum absolute atomic E-state index is 11.8. The molecule has 0 N–H and O–H groups in total. The molecule has 3 rings (SSSR count). The Labute approximate surface area is 168 Å². The van der Waals surface area contributed by atoms with Crippen LogP contribution in [0.25, 0.3) is 0 Å². The van der Waals surface area contributed by atoms with Gasteiger partial charge in [0, 0.05) is 10.9 Å². The summed E-state index contributed by atoms with van der Waals surface area (Å²) in [6, 6.07) is 25.8. The molecule has 4 heteroatoms.